The first kappa shape index (κ1) is 15.6. The number of hydrogen-bond acceptors (Lipinski definition) is 5. The maximum atomic E-state index is 12.2. The molecule has 1 amide bonds. The van der Waals surface area contributed by atoms with Gasteiger partial charge in [0.05, 0.1) is 19.9 Å². The fourth-order valence-corrected chi connectivity index (χ4v) is 3.07. The molecule has 124 valence electrons. The maximum Gasteiger partial charge on any atom is 0.264 e. The zero-order valence-corrected chi connectivity index (χ0v) is 13.5. The van der Waals surface area contributed by atoms with Crippen molar-refractivity contribution in [3.05, 3.63) is 23.8 Å². The molecule has 0 saturated heterocycles. The van der Waals surface area contributed by atoms with Crippen molar-refractivity contribution in [3.8, 4) is 11.5 Å². The molecule has 1 atom stereocenters. The van der Waals surface area contributed by atoms with E-state index in [0.717, 1.165) is 24.1 Å². The number of oxime groups is 1. The normalized spacial score (nSPS) is 20.8. The predicted molar refractivity (Wildman–Crippen MR) is 86.0 cm³/mol. The van der Waals surface area contributed by atoms with Crippen LogP contribution in [0, 0.1) is 0 Å². The van der Waals surface area contributed by atoms with Gasteiger partial charge < -0.3 is 19.6 Å². The second kappa shape index (κ2) is 6.89. The Bertz CT molecular complexity index is 609. The molecule has 6 heteroatoms. The van der Waals surface area contributed by atoms with Crippen molar-refractivity contribution < 1.29 is 19.1 Å². The lowest BCUT2D eigenvalue weighted by Crippen LogP contribution is -2.40. The zero-order chi connectivity index (χ0) is 16.2. The minimum absolute atomic E-state index is 0.0730. The highest BCUT2D eigenvalue weighted by Crippen LogP contribution is 2.29. The Kier molecular flexibility index (Phi) is 4.69. The highest BCUT2D eigenvalue weighted by molar-refractivity contribution is 6.04. The Balaban J connectivity index is 1.63. The lowest BCUT2D eigenvalue weighted by atomic mass is 10.0. The van der Waals surface area contributed by atoms with E-state index in [1.807, 2.05) is 18.2 Å². The van der Waals surface area contributed by atoms with Crippen LogP contribution in [0.1, 0.15) is 37.7 Å². The van der Waals surface area contributed by atoms with Crippen LogP contribution < -0.4 is 14.8 Å². The lowest BCUT2D eigenvalue weighted by Gasteiger charge is -2.14. The average molecular weight is 318 g/mol. The van der Waals surface area contributed by atoms with Crippen LogP contribution in [0.15, 0.2) is 23.4 Å². The van der Waals surface area contributed by atoms with E-state index in [9.17, 15) is 4.79 Å². The summed E-state index contributed by atoms with van der Waals surface area (Å²) in [7, 11) is 3.18. The van der Waals surface area contributed by atoms with Crippen molar-refractivity contribution in [2.45, 2.75) is 44.2 Å². The number of rotatable bonds is 5. The molecule has 2 aliphatic rings. The number of carbonyl (C=O) groups excluding carboxylic acids is 1. The number of benzene rings is 1. The minimum Gasteiger partial charge on any atom is -0.493 e. The van der Waals surface area contributed by atoms with Crippen LogP contribution in [0.4, 0.5) is 0 Å². The molecular weight excluding hydrogens is 296 g/mol. The number of ether oxygens (including phenoxy) is 2. The number of carbonyl (C=O) groups is 1. The van der Waals surface area contributed by atoms with Gasteiger partial charge in [-0.3, -0.25) is 4.79 Å². The quantitative estimate of drug-likeness (QED) is 0.904. The number of nitrogens with one attached hydrogen (secondary N) is 1. The smallest absolute Gasteiger partial charge is 0.264 e. The van der Waals surface area contributed by atoms with E-state index in [1.165, 1.54) is 12.8 Å². The fraction of sp³-hybridized carbons (Fsp3) is 0.529. The van der Waals surface area contributed by atoms with Gasteiger partial charge in [0.2, 0.25) is 6.10 Å². The lowest BCUT2D eigenvalue weighted by molar-refractivity contribution is -0.131. The highest BCUT2D eigenvalue weighted by atomic mass is 16.6. The summed E-state index contributed by atoms with van der Waals surface area (Å²) in [5.41, 5.74) is 1.62. The Morgan fingerprint density at radius 1 is 1.22 bits per heavy atom. The molecule has 0 aromatic heterocycles. The molecule has 0 radical (unpaired) electrons. The third-order valence-corrected chi connectivity index (χ3v) is 4.38. The summed E-state index contributed by atoms with van der Waals surface area (Å²) >= 11 is 0. The molecule has 1 aliphatic heterocycles. The monoisotopic (exact) mass is 318 g/mol. The summed E-state index contributed by atoms with van der Waals surface area (Å²) < 4.78 is 10.5. The minimum atomic E-state index is -0.543. The van der Waals surface area contributed by atoms with Crippen molar-refractivity contribution in [2.75, 3.05) is 14.2 Å². The van der Waals surface area contributed by atoms with Crippen LogP contribution >= 0.6 is 0 Å². The SMILES string of the molecule is COc1ccc(C2=NOC(C(=O)NC3CCCC3)C2)cc1OC. The fourth-order valence-electron chi connectivity index (χ4n) is 3.07. The van der Waals surface area contributed by atoms with Gasteiger partial charge in [-0.25, -0.2) is 0 Å². The van der Waals surface area contributed by atoms with Crippen LogP contribution in [-0.4, -0.2) is 38.0 Å². The van der Waals surface area contributed by atoms with Crippen molar-refractivity contribution in [1.82, 2.24) is 5.32 Å². The standard InChI is InChI=1S/C17H22N2O4/c1-21-14-8-7-11(9-15(14)22-2)13-10-16(23-19-13)17(20)18-12-5-3-4-6-12/h7-9,12,16H,3-6,10H2,1-2H3,(H,18,20). The Hall–Kier alpha value is -2.24. The molecule has 1 unspecified atom stereocenters. The summed E-state index contributed by atoms with van der Waals surface area (Å²) in [6.07, 6.45) is 4.41. The summed E-state index contributed by atoms with van der Waals surface area (Å²) in [6.45, 7) is 0. The van der Waals surface area contributed by atoms with E-state index >= 15 is 0 Å². The maximum absolute atomic E-state index is 12.2. The van der Waals surface area contributed by atoms with E-state index < -0.39 is 6.10 Å². The molecule has 1 aromatic carbocycles. The van der Waals surface area contributed by atoms with Crippen LogP contribution in [0.25, 0.3) is 0 Å². The van der Waals surface area contributed by atoms with Crippen molar-refractivity contribution in [3.63, 3.8) is 0 Å². The molecule has 1 aliphatic carbocycles. The second-order valence-electron chi connectivity index (χ2n) is 5.90. The highest BCUT2D eigenvalue weighted by Gasteiger charge is 2.31. The van der Waals surface area contributed by atoms with E-state index in [2.05, 4.69) is 10.5 Å². The van der Waals surface area contributed by atoms with Gasteiger partial charge >= 0.3 is 0 Å². The van der Waals surface area contributed by atoms with Gasteiger partial charge in [0.1, 0.15) is 0 Å². The van der Waals surface area contributed by atoms with Crippen LogP contribution in [0.2, 0.25) is 0 Å². The molecule has 1 N–H and O–H groups in total. The third kappa shape index (κ3) is 3.41. The summed E-state index contributed by atoms with van der Waals surface area (Å²) in [5.74, 6) is 1.22. The van der Waals surface area contributed by atoms with Crippen LogP contribution in [0.3, 0.4) is 0 Å². The van der Waals surface area contributed by atoms with Gasteiger partial charge in [-0.05, 0) is 31.0 Å². The molecule has 23 heavy (non-hydrogen) atoms. The van der Waals surface area contributed by atoms with Crippen LogP contribution in [-0.2, 0) is 9.63 Å². The van der Waals surface area contributed by atoms with Gasteiger partial charge in [0, 0.05) is 18.0 Å². The molecule has 0 spiro atoms. The van der Waals surface area contributed by atoms with Crippen molar-refractivity contribution in [1.29, 1.82) is 0 Å². The Morgan fingerprint density at radius 2 is 1.96 bits per heavy atom. The molecular formula is C17H22N2O4. The van der Waals surface area contributed by atoms with Gasteiger partial charge in [-0.15, -0.1) is 0 Å². The van der Waals surface area contributed by atoms with E-state index in [4.69, 9.17) is 14.3 Å². The Labute approximate surface area is 135 Å². The summed E-state index contributed by atoms with van der Waals surface area (Å²) in [6, 6.07) is 5.85. The summed E-state index contributed by atoms with van der Waals surface area (Å²) in [5, 5.41) is 7.13. The number of nitrogens with zero attached hydrogens (tertiary/aromatic N) is 1. The van der Waals surface area contributed by atoms with Crippen LogP contribution in [0.5, 0.6) is 11.5 Å². The first-order valence-electron chi connectivity index (χ1n) is 7.96. The third-order valence-electron chi connectivity index (χ3n) is 4.38. The average Bonchev–Trinajstić information content (AvgIpc) is 3.25. The molecule has 0 bridgehead atoms. The molecule has 1 heterocycles. The second-order valence-corrected chi connectivity index (χ2v) is 5.90. The van der Waals surface area contributed by atoms with Crippen molar-refractivity contribution in [2.24, 2.45) is 5.16 Å². The number of hydrogen-bond donors (Lipinski definition) is 1. The summed E-state index contributed by atoms with van der Waals surface area (Å²) in [4.78, 5) is 17.6. The first-order chi connectivity index (χ1) is 11.2. The predicted octanol–water partition coefficient (Wildman–Crippen LogP) is 2.26. The van der Waals surface area contributed by atoms with Gasteiger partial charge in [0.15, 0.2) is 11.5 Å². The molecule has 6 nitrogen and oxygen atoms in total. The molecule has 1 aromatic rings. The molecule has 3 rings (SSSR count). The van der Waals surface area contributed by atoms with E-state index in [0.29, 0.717) is 17.9 Å². The van der Waals surface area contributed by atoms with E-state index in [1.54, 1.807) is 14.2 Å². The number of amides is 1. The topological polar surface area (TPSA) is 69.2 Å². The van der Waals surface area contributed by atoms with Gasteiger partial charge in [-0.2, -0.15) is 0 Å². The number of methoxy groups -OCH3 is 2. The van der Waals surface area contributed by atoms with Crippen molar-refractivity contribution >= 4 is 11.6 Å². The van der Waals surface area contributed by atoms with E-state index in [-0.39, 0.29) is 11.9 Å². The molecule has 1 saturated carbocycles. The van der Waals surface area contributed by atoms with Gasteiger partial charge in [0.25, 0.3) is 5.91 Å². The molecule has 1 fully saturated rings. The Morgan fingerprint density at radius 3 is 2.65 bits per heavy atom. The van der Waals surface area contributed by atoms with Gasteiger partial charge in [-0.1, -0.05) is 18.0 Å². The first-order valence-corrected chi connectivity index (χ1v) is 7.96. The zero-order valence-electron chi connectivity index (χ0n) is 13.5. The largest absolute Gasteiger partial charge is 0.493 e.